The lowest BCUT2D eigenvalue weighted by Gasteiger charge is -2.13. The van der Waals surface area contributed by atoms with Gasteiger partial charge >= 0.3 is 11.8 Å². The van der Waals surface area contributed by atoms with E-state index in [1.807, 2.05) is 48.5 Å². The van der Waals surface area contributed by atoms with Gasteiger partial charge in [0.05, 0.1) is 5.52 Å². The molecule has 0 atom stereocenters. The number of halogens is 2. The second kappa shape index (κ2) is 10.7. The summed E-state index contributed by atoms with van der Waals surface area (Å²) in [5.41, 5.74) is 4.97. The summed E-state index contributed by atoms with van der Waals surface area (Å²) in [6.07, 6.45) is 0.598. The molecule has 34 heavy (non-hydrogen) atoms. The lowest BCUT2D eigenvalue weighted by atomic mass is 10.1. The van der Waals surface area contributed by atoms with Crippen molar-refractivity contribution in [3.63, 3.8) is 0 Å². The predicted octanol–water partition coefficient (Wildman–Crippen LogP) is 4.85. The SMILES string of the molecule is O=C(NCCc1ccccc1)C(=O)Nn1c(C(=O)Nc2ccc(Br)cc2)cc2cc(Br)ccc21. The van der Waals surface area contributed by atoms with Crippen molar-refractivity contribution in [1.29, 1.82) is 0 Å². The van der Waals surface area contributed by atoms with E-state index >= 15 is 0 Å². The first-order valence-corrected chi connectivity index (χ1v) is 12.0. The average Bonchev–Trinajstić information content (AvgIpc) is 3.18. The Hall–Kier alpha value is -3.43. The second-order valence-corrected chi connectivity index (χ2v) is 9.29. The van der Waals surface area contributed by atoms with Crippen LogP contribution in [0.5, 0.6) is 0 Å². The minimum Gasteiger partial charge on any atom is -0.347 e. The summed E-state index contributed by atoms with van der Waals surface area (Å²) in [5, 5.41) is 6.15. The normalized spacial score (nSPS) is 10.6. The summed E-state index contributed by atoms with van der Waals surface area (Å²) in [6, 6.07) is 23.8. The van der Waals surface area contributed by atoms with Gasteiger partial charge in [-0.3, -0.25) is 19.8 Å². The monoisotopic (exact) mass is 582 g/mol. The van der Waals surface area contributed by atoms with Crippen molar-refractivity contribution < 1.29 is 14.4 Å². The number of carbonyl (C=O) groups excluding carboxylic acids is 3. The molecular formula is C25H20Br2N4O3. The molecule has 4 rings (SSSR count). The fourth-order valence-corrected chi connectivity index (χ4v) is 4.04. The Morgan fingerprint density at radius 3 is 2.24 bits per heavy atom. The van der Waals surface area contributed by atoms with Crippen LogP contribution in [-0.2, 0) is 16.0 Å². The molecule has 0 saturated carbocycles. The van der Waals surface area contributed by atoms with Crippen molar-refractivity contribution >= 4 is 66.2 Å². The van der Waals surface area contributed by atoms with E-state index in [-0.39, 0.29) is 5.69 Å². The summed E-state index contributed by atoms with van der Waals surface area (Å²) in [6.45, 7) is 0.312. The molecule has 9 heteroatoms. The molecule has 172 valence electrons. The van der Waals surface area contributed by atoms with Gasteiger partial charge in [0, 0.05) is 26.6 Å². The number of hydrogen-bond acceptors (Lipinski definition) is 3. The van der Waals surface area contributed by atoms with Crippen LogP contribution in [-0.4, -0.2) is 28.9 Å². The summed E-state index contributed by atoms with van der Waals surface area (Å²) in [4.78, 5) is 38.1. The third-order valence-electron chi connectivity index (χ3n) is 5.06. The highest BCUT2D eigenvalue weighted by atomic mass is 79.9. The van der Waals surface area contributed by atoms with Crippen molar-refractivity contribution in [3.05, 3.63) is 99.1 Å². The maximum atomic E-state index is 13.0. The molecule has 0 spiro atoms. The van der Waals surface area contributed by atoms with Gasteiger partial charge in [-0.05, 0) is 60.5 Å². The highest BCUT2D eigenvalue weighted by Gasteiger charge is 2.21. The van der Waals surface area contributed by atoms with E-state index in [0.29, 0.717) is 24.2 Å². The summed E-state index contributed by atoms with van der Waals surface area (Å²) in [5.74, 6) is -2.08. The third-order valence-corrected chi connectivity index (χ3v) is 6.08. The Balaban J connectivity index is 1.51. The summed E-state index contributed by atoms with van der Waals surface area (Å²) >= 11 is 6.78. The van der Waals surface area contributed by atoms with Crippen LogP contribution in [0, 0.1) is 0 Å². The minimum absolute atomic E-state index is 0.182. The molecule has 0 aliphatic heterocycles. The Kier molecular flexibility index (Phi) is 7.44. The number of hydrogen-bond donors (Lipinski definition) is 3. The maximum Gasteiger partial charge on any atom is 0.328 e. The van der Waals surface area contributed by atoms with E-state index in [1.54, 1.807) is 30.3 Å². The largest absolute Gasteiger partial charge is 0.347 e. The third kappa shape index (κ3) is 5.73. The second-order valence-electron chi connectivity index (χ2n) is 7.46. The molecule has 0 radical (unpaired) electrons. The molecule has 3 amide bonds. The molecule has 0 fully saturated rings. The lowest BCUT2D eigenvalue weighted by molar-refractivity contribution is -0.136. The highest BCUT2D eigenvalue weighted by molar-refractivity contribution is 9.10. The number of amides is 3. The predicted molar refractivity (Wildman–Crippen MR) is 139 cm³/mol. The van der Waals surface area contributed by atoms with Gasteiger partial charge in [0.15, 0.2) is 0 Å². The zero-order chi connectivity index (χ0) is 24.1. The molecule has 4 aromatic rings. The standard InChI is InChI=1S/C25H20Br2N4O3/c26-18-6-9-20(10-7-18)29-23(32)22-15-17-14-19(27)8-11-21(17)31(22)30-25(34)24(33)28-13-12-16-4-2-1-3-5-16/h1-11,14-15H,12-13H2,(H,28,33)(H,29,32)(H,30,34). The molecule has 1 aromatic heterocycles. The van der Waals surface area contributed by atoms with Gasteiger partial charge in [-0.2, -0.15) is 0 Å². The fourth-order valence-electron chi connectivity index (χ4n) is 3.40. The molecule has 0 saturated heterocycles. The number of rotatable bonds is 6. The molecule has 0 aliphatic rings. The molecule has 3 aromatic carbocycles. The smallest absolute Gasteiger partial charge is 0.328 e. The Bertz CT molecular complexity index is 1350. The molecule has 0 unspecified atom stereocenters. The first-order valence-electron chi connectivity index (χ1n) is 10.4. The van der Waals surface area contributed by atoms with Crippen LogP contribution < -0.4 is 16.1 Å². The molecule has 0 bridgehead atoms. The van der Waals surface area contributed by atoms with E-state index in [2.05, 4.69) is 47.9 Å². The van der Waals surface area contributed by atoms with Crippen LogP contribution in [0.1, 0.15) is 16.1 Å². The van der Waals surface area contributed by atoms with Crippen LogP contribution in [0.2, 0.25) is 0 Å². The number of nitrogens with zero attached hydrogens (tertiary/aromatic N) is 1. The fraction of sp³-hybridized carbons (Fsp3) is 0.0800. The lowest BCUT2D eigenvalue weighted by Crippen LogP contribution is -2.40. The zero-order valence-electron chi connectivity index (χ0n) is 17.8. The number of anilines is 1. The minimum atomic E-state index is -0.869. The van der Waals surface area contributed by atoms with Crippen LogP contribution in [0.25, 0.3) is 10.9 Å². The quantitative estimate of drug-likeness (QED) is 0.283. The van der Waals surface area contributed by atoms with Gasteiger partial charge in [-0.15, -0.1) is 0 Å². The zero-order valence-corrected chi connectivity index (χ0v) is 21.0. The van der Waals surface area contributed by atoms with Gasteiger partial charge in [0.2, 0.25) is 0 Å². The van der Waals surface area contributed by atoms with Crippen molar-refractivity contribution in [2.45, 2.75) is 6.42 Å². The van der Waals surface area contributed by atoms with Gasteiger partial charge in [-0.1, -0.05) is 62.2 Å². The Labute approximate surface area is 212 Å². The van der Waals surface area contributed by atoms with Crippen LogP contribution in [0.4, 0.5) is 5.69 Å². The van der Waals surface area contributed by atoms with E-state index in [4.69, 9.17) is 0 Å². The van der Waals surface area contributed by atoms with Crippen LogP contribution in [0.3, 0.4) is 0 Å². The van der Waals surface area contributed by atoms with Crippen LogP contribution >= 0.6 is 31.9 Å². The molecular weight excluding hydrogens is 564 g/mol. The van der Waals surface area contributed by atoms with E-state index in [9.17, 15) is 14.4 Å². The maximum absolute atomic E-state index is 13.0. The topological polar surface area (TPSA) is 92.2 Å². The van der Waals surface area contributed by atoms with Crippen molar-refractivity contribution in [1.82, 2.24) is 9.99 Å². The van der Waals surface area contributed by atoms with Gasteiger partial charge < -0.3 is 10.6 Å². The number of fused-ring (bicyclic) bond motifs is 1. The van der Waals surface area contributed by atoms with Gasteiger partial charge in [0.1, 0.15) is 5.69 Å². The highest BCUT2D eigenvalue weighted by Crippen LogP contribution is 2.24. The average molecular weight is 584 g/mol. The van der Waals surface area contributed by atoms with E-state index < -0.39 is 17.7 Å². The first kappa shape index (κ1) is 23.7. The van der Waals surface area contributed by atoms with Crippen LogP contribution in [0.15, 0.2) is 87.8 Å². The summed E-state index contributed by atoms with van der Waals surface area (Å²) < 4.78 is 3.03. The van der Waals surface area contributed by atoms with Crippen molar-refractivity contribution in [3.8, 4) is 0 Å². The van der Waals surface area contributed by atoms with E-state index in [1.165, 1.54) is 4.68 Å². The Morgan fingerprint density at radius 1 is 0.794 bits per heavy atom. The van der Waals surface area contributed by atoms with Gasteiger partial charge in [-0.25, -0.2) is 4.68 Å². The first-order chi connectivity index (χ1) is 16.4. The molecule has 0 aliphatic carbocycles. The number of carbonyl (C=O) groups is 3. The number of aromatic nitrogens is 1. The van der Waals surface area contributed by atoms with Gasteiger partial charge in [0.25, 0.3) is 5.91 Å². The number of benzene rings is 3. The molecule has 7 nitrogen and oxygen atoms in total. The number of nitrogens with one attached hydrogen (secondary N) is 3. The Morgan fingerprint density at radius 2 is 1.50 bits per heavy atom. The molecule has 3 N–H and O–H groups in total. The summed E-state index contributed by atoms with van der Waals surface area (Å²) in [7, 11) is 0. The van der Waals surface area contributed by atoms with Crippen molar-refractivity contribution in [2.75, 3.05) is 17.3 Å². The molecule has 1 heterocycles. The van der Waals surface area contributed by atoms with Crippen molar-refractivity contribution in [2.24, 2.45) is 0 Å². The van der Waals surface area contributed by atoms with E-state index in [0.717, 1.165) is 19.9 Å².